The van der Waals surface area contributed by atoms with Crippen LogP contribution in [0.5, 0.6) is 0 Å². The molecule has 0 amide bonds. The Bertz CT molecular complexity index is 2190. The van der Waals surface area contributed by atoms with Crippen LogP contribution in [-0.2, 0) is 16.5 Å². The summed E-state index contributed by atoms with van der Waals surface area (Å²) in [5.74, 6) is 1.63. The van der Waals surface area contributed by atoms with E-state index in [-0.39, 0.29) is 39.4 Å². The van der Waals surface area contributed by atoms with E-state index in [9.17, 15) is 10.1 Å². The number of nitro benzene ring substituents is 1. The van der Waals surface area contributed by atoms with Crippen LogP contribution in [0.25, 0.3) is 79.2 Å². The second-order valence-electron chi connectivity index (χ2n) is 8.71. The fourth-order valence-corrected chi connectivity index (χ4v) is 4.65. The number of nitro groups is 1. The van der Waals surface area contributed by atoms with Crippen LogP contribution in [0.1, 0.15) is 0 Å². The normalized spacial score (nSPS) is 11.5. The van der Waals surface area contributed by atoms with E-state index in [1.807, 2.05) is 48.5 Å². The predicted molar refractivity (Wildman–Crippen MR) is 139 cm³/mol. The maximum atomic E-state index is 11.6. The molecule has 6 aromatic rings. The Morgan fingerprint density at radius 2 is 1.05 bits per heavy atom. The van der Waals surface area contributed by atoms with Crippen molar-refractivity contribution in [1.29, 1.82) is 0 Å². The third-order valence-electron chi connectivity index (χ3n) is 6.41. The van der Waals surface area contributed by atoms with Crippen molar-refractivity contribution in [3.63, 3.8) is 0 Å². The molecule has 2 aliphatic rings. The summed E-state index contributed by atoms with van der Waals surface area (Å²) in [6.45, 7) is 0. The van der Waals surface area contributed by atoms with E-state index in [0.29, 0.717) is 39.7 Å². The molecule has 192 valence electrons. The summed E-state index contributed by atoms with van der Waals surface area (Å²) in [5.41, 5.74) is 3.40. The summed E-state index contributed by atoms with van der Waals surface area (Å²) >= 11 is 0. The predicted octanol–water partition coefficient (Wildman–Crippen LogP) is 3.67. The van der Waals surface area contributed by atoms with Crippen LogP contribution in [0.3, 0.4) is 0 Å². The average Bonchev–Trinajstić information content (AvgIpc) is 3.71. The van der Waals surface area contributed by atoms with Gasteiger partial charge >= 0.3 is 16.5 Å². The van der Waals surface area contributed by atoms with Gasteiger partial charge in [-0.3, -0.25) is 25.1 Å². The molecule has 0 unspecified atom stereocenters. The van der Waals surface area contributed by atoms with Crippen LogP contribution < -0.4 is 9.97 Å². The zero-order valence-electron chi connectivity index (χ0n) is 19.9. The van der Waals surface area contributed by atoms with E-state index in [1.165, 1.54) is 12.1 Å². The van der Waals surface area contributed by atoms with E-state index in [4.69, 9.17) is 9.97 Å². The number of benzene rings is 3. The smallest absolute Gasteiger partial charge is 0.357 e. The first-order valence-electron chi connectivity index (χ1n) is 11.7. The molecule has 0 N–H and O–H groups in total. The molecule has 0 aliphatic carbocycles. The summed E-state index contributed by atoms with van der Waals surface area (Å²) in [5, 5.41) is 20.7. The maximum absolute atomic E-state index is 11.6. The summed E-state index contributed by atoms with van der Waals surface area (Å²) < 4.78 is 0. The quantitative estimate of drug-likeness (QED) is 0.160. The van der Waals surface area contributed by atoms with Crippen LogP contribution in [0.15, 0.2) is 66.7 Å². The summed E-state index contributed by atoms with van der Waals surface area (Å²) in [6, 6.07) is 19.4. The zero-order chi connectivity index (χ0) is 26.1. The second kappa shape index (κ2) is 8.78. The standard InChI is InChI=1S/C26H11N11O2.Ni/c38-37(39)12-9-10-17-18(11-12)24-30-20-14-6-2-4-8-16(14)23(29-20)33-26-34-25(35-36-26)32-22-15-7-3-1-5-13(15)19(28-22)27-21(17)31-24;/h1-11H;/q-2;+2. The number of fused-ring (bicyclic) bond motifs is 17. The first-order valence-corrected chi connectivity index (χ1v) is 11.7. The van der Waals surface area contributed by atoms with Gasteiger partial charge in [0.1, 0.15) is 23.2 Å². The monoisotopic (exact) mass is 567 g/mol. The van der Waals surface area contributed by atoms with Crippen molar-refractivity contribution in [3.05, 3.63) is 76.8 Å². The fourth-order valence-electron chi connectivity index (χ4n) is 4.65. The molecule has 0 radical (unpaired) electrons. The van der Waals surface area contributed by atoms with Gasteiger partial charge in [-0.05, 0) is 11.5 Å². The maximum Gasteiger partial charge on any atom is 2.00 e. The van der Waals surface area contributed by atoms with Crippen LogP contribution >= 0.6 is 0 Å². The SMILES string of the molecule is O=[N+]([O-])c1ccc2c3nc4nc(nc5nnc(nc6nc(nc([n-]3)c2c1)-c1ccccc1-6)[n-]5)-c1ccccc1-4.[Ni+2]. The van der Waals surface area contributed by atoms with Crippen LogP contribution in [0.2, 0.25) is 0 Å². The van der Waals surface area contributed by atoms with Crippen LogP contribution in [0.4, 0.5) is 5.69 Å². The van der Waals surface area contributed by atoms with Gasteiger partial charge in [-0.1, -0.05) is 48.5 Å². The molecular weight excluding hydrogens is 557 g/mol. The molecule has 0 saturated carbocycles. The molecule has 14 heteroatoms. The van der Waals surface area contributed by atoms with Gasteiger partial charge < -0.3 is 15.0 Å². The Hall–Kier alpha value is -5.49. The molecule has 8 bridgehead atoms. The Balaban J connectivity index is 0.00000264. The summed E-state index contributed by atoms with van der Waals surface area (Å²) in [4.78, 5) is 47.8. The Kier molecular flexibility index (Phi) is 5.19. The molecule has 3 aromatic heterocycles. The molecular formula is C26H11N11NiO2. The van der Waals surface area contributed by atoms with E-state index in [0.717, 1.165) is 22.3 Å². The van der Waals surface area contributed by atoms with Crippen LogP contribution in [0, 0.1) is 10.1 Å². The number of non-ortho nitro benzene ring substituents is 1. The number of hydrogen-bond acceptors (Lipinski definition) is 10. The Labute approximate surface area is 233 Å². The number of aromatic nitrogens is 10. The zero-order valence-corrected chi connectivity index (χ0v) is 20.9. The molecule has 2 aliphatic heterocycles. The van der Waals surface area contributed by atoms with Crippen molar-refractivity contribution in [2.24, 2.45) is 0 Å². The Morgan fingerprint density at radius 1 is 0.575 bits per heavy atom. The van der Waals surface area contributed by atoms with Gasteiger partial charge in [-0.15, -0.1) is 0 Å². The van der Waals surface area contributed by atoms with Crippen molar-refractivity contribution >= 4 is 39.3 Å². The molecule has 0 saturated heterocycles. The van der Waals surface area contributed by atoms with Gasteiger partial charge in [0.2, 0.25) is 0 Å². The topological polar surface area (TPSA) is 174 Å². The Morgan fingerprint density at radius 3 is 1.55 bits per heavy atom. The van der Waals surface area contributed by atoms with Crippen molar-refractivity contribution in [2.45, 2.75) is 0 Å². The third-order valence-corrected chi connectivity index (χ3v) is 6.41. The van der Waals surface area contributed by atoms with E-state index < -0.39 is 4.92 Å². The largest absolute Gasteiger partial charge is 2.00 e. The fraction of sp³-hybridized carbons (Fsp3) is 0. The van der Waals surface area contributed by atoms with E-state index in [1.54, 1.807) is 6.07 Å². The van der Waals surface area contributed by atoms with E-state index >= 15 is 0 Å². The van der Waals surface area contributed by atoms with Crippen molar-refractivity contribution in [2.75, 3.05) is 0 Å². The molecule has 0 atom stereocenters. The van der Waals surface area contributed by atoms with Gasteiger partial charge in [0, 0.05) is 51.1 Å². The van der Waals surface area contributed by atoms with Gasteiger partial charge in [0.15, 0.2) is 0 Å². The summed E-state index contributed by atoms with van der Waals surface area (Å²) in [7, 11) is 0. The molecule has 13 nitrogen and oxygen atoms in total. The number of hydrogen-bond donors (Lipinski definition) is 0. The third kappa shape index (κ3) is 3.61. The molecule has 0 spiro atoms. The van der Waals surface area contributed by atoms with Crippen molar-refractivity contribution in [1.82, 2.24) is 50.1 Å². The van der Waals surface area contributed by atoms with Gasteiger partial charge in [-0.25, -0.2) is 20.2 Å². The van der Waals surface area contributed by atoms with E-state index in [2.05, 4.69) is 40.1 Å². The molecule has 0 fully saturated rings. The van der Waals surface area contributed by atoms with Gasteiger partial charge in [0.05, 0.1) is 16.6 Å². The minimum atomic E-state index is -0.461. The van der Waals surface area contributed by atoms with Crippen LogP contribution in [-0.4, -0.2) is 45.0 Å². The van der Waals surface area contributed by atoms with Gasteiger partial charge in [-0.2, -0.15) is 0 Å². The molecule has 5 heterocycles. The molecule has 3 aromatic carbocycles. The minimum absolute atomic E-state index is 0. The molecule has 8 rings (SSSR count). The summed E-state index contributed by atoms with van der Waals surface area (Å²) in [6.07, 6.45) is 0. The number of rotatable bonds is 1. The second-order valence-corrected chi connectivity index (χ2v) is 8.71. The minimum Gasteiger partial charge on any atom is -0.357 e. The van der Waals surface area contributed by atoms with Crippen molar-refractivity contribution < 1.29 is 21.4 Å². The first kappa shape index (κ1) is 23.6. The van der Waals surface area contributed by atoms with Gasteiger partial charge in [0.25, 0.3) is 5.69 Å². The van der Waals surface area contributed by atoms with Crippen molar-refractivity contribution in [3.8, 4) is 45.6 Å². The number of nitrogens with zero attached hydrogens (tertiary/aromatic N) is 11. The average molecular weight is 568 g/mol. The molecule has 40 heavy (non-hydrogen) atoms. The first-order chi connectivity index (χ1) is 19.1.